The fourth-order valence-electron chi connectivity index (χ4n) is 1.82. The Kier molecular flexibility index (Phi) is 4.91. The van der Waals surface area contributed by atoms with Crippen molar-refractivity contribution in [2.24, 2.45) is 0 Å². The van der Waals surface area contributed by atoms with Crippen LogP contribution in [0.15, 0.2) is 41.3 Å². The summed E-state index contributed by atoms with van der Waals surface area (Å²) in [5.41, 5.74) is -2.65. The minimum atomic E-state index is -5.09. The van der Waals surface area contributed by atoms with Crippen LogP contribution in [0, 0.1) is 15.9 Å². The lowest BCUT2D eigenvalue weighted by molar-refractivity contribution is -0.384. The lowest BCUT2D eigenvalue weighted by Crippen LogP contribution is -2.15. The number of anilines is 1. The zero-order valence-electron chi connectivity index (χ0n) is 11.8. The van der Waals surface area contributed by atoms with E-state index in [0.717, 1.165) is 18.2 Å². The molecule has 0 saturated heterocycles. The van der Waals surface area contributed by atoms with E-state index in [0.29, 0.717) is 12.1 Å². The van der Waals surface area contributed by atoms with Crippen molar-refractivity contribution in [1.29, 1.82) is 0 Å². The third kappa shape index (κ3) is 4.17. The normalized spacial score (nSPS) is 12.0. The molecule has 0 amide bonds. The molecule has 12 heteroatoms. The Labute approximate surface area is 143 Å². The molecule has 2 aromatic rings. The molecule has 0 aliphatic rings. The van der Waals surface area contributed by atoms with Crippen LogP contribution in [-0.4, -0.2) is 13.3 Å². The highest BCUT2D eigenvalue weighted by Gasteiger charge is 2.35. The maximum Gasteiger partial charge on any atom is 0.419 e. The fraction of sp³-hybridized carbons (Fsp3) is 0.0769. The first kappa shape index (κ1) is 18.9. The number of benzene rings is 2. The average molecular weight is 399 g/mol. The molecule has 0 aromatic heterocycles. The van der Waals surface area contributed by atoms with Crippen LogP contribution in [0.4, 0.5) is 28.9 Å². The van der Waals surface area contributed by atoms with Crippen molar-refractivity contribution in [3.05, 3.63) is 62.9 Å². The van der Waals surface area contributed by atoms with Gasteiger partial charge in [0, 0.05) is 6.07 Å². The van der Waals surface area contributed by atoms with E-state index in [9.17, 15) is 36.1 Å². The molecule has 0 unspecified atom stereocenters. The van der Waals surface area contributed by atoms with Crippen molar-refractivity contribution in [1.82, 2.24) is 0 Å². The number of nitrogens with one attached hydrogen (secondary N) is 1. The van der Waals surface area contributed by atoms with Gasteiger partial charge in [0.15, 0.2) is 0 Å². The maximum atomic E-state index is 13.2. The lowest BCUT2D eigenvalue weighted by Gasteiger charge is -2.12. The van der Waals surface area contributed by atoms with E-state index in [-0.39, 0.29) is 16.8 Å². The monoisotopic (exact) mass is 398 g/mol. The number of nitro groups is 1. The average Bonchev–Trinajstić information content (AvgIpc) is 2.47. The predicted molar refractivity (Wildman–Crippen MR) is 80.3 cm³/mol. The second-order valence-electron chi connectivity index (χ2n) is 4.67. The zero-order valence-corrected chi connectivity index (χ0v) is 13.4. The molecule has 134 valence electrons. The Morgan fingerprint density at radius 3 is 2.32 bits per heavy atom. The van der Waals surface area contributed by atoms with Gasteiger partial charge in [-0.05, 0) is 30.3 Å². The SMILES string of the molecule is O=[N+]([O-])c1cc(NS(=O)(=O)c2ccc(F)c(C(F)(F)F)c2)ccc1Cl. The van der Waals surface area contributed by atoms with Crippen molar-refractivity contribution in [2.75, 3.05) is 4.72 Å². The van der Waals surface area contributed by atoms with Gasteiger partial charge in [-0.15, -0.1) is 0 Å². The van der Waals surface area contributed by atoms with Crippen LogP contribution < -0.4 is 4.72 Å². The Hall–Kier alpha value is -2.40. The quantitative estimate of drug-likeness (QED) is 0.474. The van der Waals surface area contributed by atoms with Crippen molar-refractivity contribution in [3.8, 4) is 0 Å². The molecule has 0 spiro atoms. The molecule has 0 fully saturated rings. The summed E-state index contributed by atoms with van der Waals surface area (Å²) < 4.78 is 77.5. The van der Waals surface area contributed by atoms with Crippen LogP contribution in [-0.2, 0) is 16.2 Å². The van der Waals surface area contributed by atoms with E-state index < -0.39 is 43.1 Å². The Morgan fingerprint density at radius 1 is 1.12 bits per heavy atom. The first-order valence-corrected chi connectivity index (χ1v) is 8.11. The maximum absolute atomic E-state index is 13.2. The molecule has 0 aliphatic carbocycles. The third-order valence-electron chi connectivity index (χ3n) is 2.95. The number of hydrogen-bond donors (Lipinski definition) is 1. The van der Waals surface area contributed by atoms with Gasteiger partial charge >= 0.3 is 6.18 Å². The second kappa shape index (κ2) is 6.48. The number of halogens is 5. The smallest absolute Gasteiger partial charge is 0.279 e. The van der Waals surface area contributed by atoms with E-state index in [4.69, 9.17) is 11.6 Å². The Morgan fingerprint density at radius 2 is 1.76 bits per heavy atom. The standard InChI is InChI=1S/C13H7ClF4N2O4S/c14-10-3-1-7(5-12(10)20(21)22)19-25(23,24)8-2-4-11(15)9(6-8)13(16,17)18/h1-6,19H. The van der Waals surface area contributed by atoms with Gasteiger partial charge < -0.3 is 0 Å². The minimum Gasteiger partial charge on any atom is -0.279 e. The molecule has 2 rings (SSSR count). The van der Waals surface area contributed by atoms with E-state index in [1.54, 1.807) is 0 Å². The summed E-state index contributed by atoms with van der Waals surface area (Å²) in [7, 11) is -4.55. The zero-order chi connectivity index (χ0) is 19.0. The summed E-state index contributed by atoms with van der Waals surface area (Å²) in [6.07, 6.45) is -5.09. The van der Waals surface area contributed by atoms with Gasteiger partial charge in [-0.3, -0.25) is 14.8 Å². The highest BCUT2D eigenvalue weighted by Crippen LogP contribution is 2.33. The molecule has 0 saturated carbocycles. The van der Waals surface area contributed by atoms with Gasteiger partial charge in [-0.25, -0.2) is 12.8 Å². The molecular weight excluding hydrogens is 392 g/mol. The summed E-state index contributed by atoms with van der Waals surface area (Å²) in [6.45, 7) is 0. The van der Waals surface area contributed by atoms with Crippen LogP contribution in [0.3, 0.4) is 0 Å². The summed E-state index contributed by atoms with van der Waals surface area (Å²) in [4.78, 5) is 9.06. The number of nitrogens with zero attached hydrogens (tertiary/aromatic N) is 1. The summed E-state index contributed by atoms with van der Waals surface area (Å²) in [5.74, 6) is -1.63. The van der Waals surface area contributed by atoms with Crippen molar-refractivity contribution in [2.45, 2.75) is 11.1 Å². The Balaban J connectivity index is 2.44. The number of hydrogen-bond acceptors (Lipinski definition) is 4. The van der Waals surface area contributed by atoms with Gasteiger partial charge in [0.25, 0.3) is 15.7 Å². The summed E-state index contributed by atoms with van der Waals surface area (Å²) in [6, 6.07) is 4.05. The van der Waals surface area contributed by atoms with Gasteiger partial charge in [-0.2, -0.15) is 13.2 Å². The molecule has 0 radical (unpaired) electrons. The van der Waals surface area contributed by atoms with Crippen LogP contribution >= 0.6 is 11.6 Å². The van der Waals surface area contributed by atoms with Crippen LogP contribution in [0.25, 0.3) is 0 Å². The number of rotatable bonds is 4. The highest BCUT2D eigenvalue weighted by molar-refractivity contribution is 7.92. The van der Waals surface area contributed by atoms with E-state index in [2.05, 4.69) is 0 Å². The molecule has 6 nitrogen and oxygen atoms in total. The minimum absolute atomic E-state index is 0.127. The van der Waals surface area contributed by atoms with Gasteiger partial charge in [0.2, 0.25) is 0 Å². The molecule has 0 aliphatic heterocycles. The van der Waals surface area contributed by atoms with Gasteiger partial charge in [0.05, 0.1) is 21.1 Å². The largest absolute Gasteiger partial charge is 0.419 e. The van der Waals surface area contributed by atoms with Crippen molar-refractivity contribution in [3.63, 3.8) is 0 Å². The van der Waals surface area contributed by atoms with Crippen molar-refractivity contribution >= 4 is 33.0 Å². The highest BCUT2D eigenvalue weighted by atomic mass is 35.5. The number of sulfonamides is 1. The van der Waals surface area contributed by atoms with Gasteiger partial charge in [-0.1, -0.05) is 11.6 Å². The van der Waals surface area contributed by atoms with E-state index in [1.165, 1.54) is 0 Å². The molecular formula is C13H7ClF4N2O4S. The first-order valence-electron chi connectivity index (χ1n) is 6.25. The summed E-state index contributed by atoms with van der Waals surface area (Å²) in [5, 5.41) is 10.5. The van der Waals surface area contributed by atoms with E-state index in [1.807, 2.05) is 4.72 Å². The molecule has 0 atom stereocenters. The summed E-state index contributed by atoms with van der Waals surface area (Å²) >= 11 is 5.58. The molecule has 0 bridgehead atoms. The van der Waals surface area contributed by atoms with Gasteiger partial charge in [0.1, 0.15) is 10.8 Å². The van der Waals surface area contributed by atoms with Crippen LogP contribution in [0.5, 0.6) is 0 Å². The molecule has 1 N–H and O–H groups in total. The topological polar surface area (TPSA) is 89.3 Å². The second-order valence-corrected chi connectivity index (χ2v) is 6.76. The van der Waals surface area contributed by atoms with Crippen LogP contribution in [0.2, 0.25) is 5.02 Å². The molecule has 25 heavy (non-hydrogen) atoms. The molecule has 0 heterocycles. The number of nitro benzene ring substituents is 1. The Bertz CT molecular complexity index is 948. The number of alkyl halides is 3. The van der Waals surface area contributed by atoms with E-state index >= 15 is 0 Å². The first-order chi connectivity index (χ1) is 11.4. The van der Waals surface area contributed by atoms with Crippen molar-refractivity contribution < 1.29 is 30.9 Å². The van der Waals surface area contributed by atoms with Crippen LogP contribution in [0.1, 0.15) is 5.56 Å². The fourth-order valence-corrected chi connectivity index (χ4v) is 3.08. The third-order valence-corrected chi connectivity index (χ3v) is 4.65. The molecule has 2 aromatic carbocycles. The predicted octanol–water partition coefficient (Wildman–Crippen LogP) is 4.21. The lowest BCUT2D eigenvalue weighted by atomic mass is 10.2.